The summed E-state index contributed by atoms with van der Waals surface area (Å²) in [5.41, 5.74) is 10.8. The fraction of sp³-hybridized carbons (Fsp3) is 0.486. The summed E-state index contributed by atoms with van der Waals surface area (Å²) in [5.74, 6) is 1.77. The molecule has 0 aliphatic heterocycles. The maximum absolute atomic E-state index is 6.38. The van der Waals surface area contributed by atoms with E-state index in [9.17, 15) is 0 Å². The van der Waals surface area contributed by atoms with Crippen LogP contribution in [0.5, 0.6) is 11.5 Å². The number of benzene rings is 3. The lowest BCUT2D eigenvalue weighted by molar-refractivity contribution is 0.258. The molecule has 0 unspecified atom stereocenters. The average molecular weight is 499 g/mol. The Morgan fingerprint density at radius 2 is 1.22 bits per heavy atom. The topological polar surface area (TPSA) is 18.5 Å². The molecule has 198 valence electrons. The summed E-state index contributed by atoms with van der Waals surface area (Å²) in [6.45, 7) is 10.4. The fourth-order valence-electron chi connectivity index (χ4n) is 5.55. The van der Waals surface area contributed by atoms with Gasteiger partial charge in [0.25, 0.3) is 0 Å². The lowest BCUT2D eigenvalue weighted by Crippen LogP contribution is -2.03. The number of hydrogen-bond donors (Lipinski definition) is 0. The lowest BCUT2D eigenvalue weighted by atomic mass is 9.92. The maximum Gasteiger partial charge on any atom is 0.161 e. The molecular weight excluding hydrogens is 452 g/mol. The molecule has 1 aliphatic carbocycles. The molecule has 0 bridgehead atoms. The van der Waals surface area contributed by atoms with Gasteiger partial charge >= 0.3 is 0 Å². The van der Waals surface area contributed by atoms with Crippen molar-refractivity contribution in [1.82, 2.24) is 0 Å². The van der Waals surface area contributed by atoms with Gasteiger partial charge in [-0.2, -0.15) is 0 Å². The highest BCUT2D eigenvalue weighted by Gasteiger charge is 2.23. The molecule has 0 fully saturated rings. The lowest BCUT2D eigenvalue weighted by Gasteiger charge is -2.17. The predicted molar refractivity (Wildman–Crippen MR) is 158 cm³/mol. The van der Waals surface area contributed by atoms with Crippen LogP contribution in [0.2, 0.25) is 0 Å². The first-order valence-electron chi connectivity index (χ1n) is 14.7. The number of aryl methyl sites for hydroxylation is 2. The Morgan fingerprint density at radius 1 is 0.568 bits per heavy atom. The van der Waals surface area contributed by atoms with Crippen LogP contribution >= 0.6 is 0 Å². The first-order chi connectivity index (χ1) is 18.1. The van der Waals surface area contributed by atoms with Crippen LogP contribution in [0.3, 0.4) is 0 Å². The van der Waals surface area contributed by atoms with E-state index in [0.717, 1.165) is 44.0 Å². The Morgan fingerprint density at radius 3 is 1.92 bits per heavy atom. The predicted octanol–water partition coefficient (Wildman–Crippen LogP) is 10.2. The van der Waals surface area contributed by atoms with E-state index in [1.165, 1.54) is 95.9 Å². The Balaban J connectivity index is 1.58. The molecule has 4 rings (SSSR count). The number of hydrogen-bond acceptors (Lipinski definition) is 2. The van der Waals surface area contributed by atoms with Gasteiger partial charge in [0.15, 0.2) is 11.5 Å². The van der Waals surface area contributed by atoms with Crippen LogP contribution in [0.4, 0.5) is 0 Å². The molecule has 3 aromatic rings. The van der Waals surface area contributed by atoms with E-state index < -0.39 is 0 Å². The Kier molecular flexibility index (Phi) is 10.1. The normalized spacial score (nSPS) is 11.9. The van der Waals surface area contributed by atoms with Crippen LogP contribution in [-0.4, -0.2) is 13.2 Å². The number of ether oxygens (including phenoxy) is 2. The quantitative estimate of drug-likeness (QED) is 0.152. The summed E-state index contributed by atoms with van der Waals surface area (Å²) in [7, 11) is 0. The second-order valence-electron chi connectivity index (χ2n) is 10.9. The van der Waals surface area contributed by atoms with Crippen molar-refractivity contribution in [1.29, 1.82) is 0 Å². The van der Waals surface area contributed by atoms with Crippen LogP contribution in [0.25, 0.3) is 22.3 Å². The molecule has 2 nitrogen and oxygen atoms in total. The van der Waals surface area contributed by atoms with Gasteiger partial charge < -0.3 is 9.47 Å². The van der Waals surface area contributed by atoms with Gasteiger partial charge in [-0.15, -0.1) is 0 Å². The molecule has 0 radical (unpaired) electrons. The maximum atomic E-state index is 6.38. The van der Waals surface area contributed by atoms with Crippen molar-refractivity contribution in [3.63, 3.8) is 0 Å². The van der Waals surface area contributed by atoms with Crippen molar-refractivity contribution in [2.24, 2.45) is 0 Å². The van der Waals surface area contributed by atoms with Crippen molar-refractivity contribution in [2.75, 3.05) is 13.2 Å². The number of unbranched alkanes of at least 4 members (excludes halogenated alkanes) is 8. The van der Waals surface area contributed by atoms with Crippen LogP contribution in [0, 0.1) is 13.8 Å². The van der Waals surface area contributed by atoms with Crippen molar-refractivity contribution in [3.05, 3.63) is 70.8 Å². The van der Waals surface area contributed by atoms with Gasteiger partial charge in [0.2, 0.25) is 0 Å². The van der Waals surface area contributed by atoms with Crippen LogP contribution in [0.1, 0.15) is 100 Å². The van der Waals surface area contributed by atoms with E-state index in [-0.39, 0.29) is 0 Å². The SMILES string of the molecule is CCCCCCCOc1ccc(-c2cc(C)cc3c2-c2ccc(C)cc2C3)cc1OCCCCCCC. The van der Waals surface area contributed by atoms with Crippen LogP contribution < -0.4 is 9.47 Å². The monoisotopic (exact) mass is 498 g/mol. The van der Waals surface area contributed by atoms with Gasteiger partial charge in [-0.05, 0) is 78.6 Å². The molecule has 0 saturated carbocycles. The van der Waals surface area contributed by atoms with Crippen molar-refractivity contribution < 1.29 is 9.47 Å². The third-order valence-corrected chi connectivity index (χ3v) is 7.54. The molecule has 37 heavy (non-hydrogen) atoms. The van der Waals surface area contributed by atoms with Crippen LogP contribution in [-0.2, 0) is 6.42 Å². The zero-order valence-electron chi connectivity index (χ0n) is 23.6. The van der Waals surface area contributed by atoms with E-state index in [1.807, 2.05) is 0 Å². The molecule has 0 amide bonds. The fourth-order valence-corrected chi connectivity index (χ4v) is 5.55. The minimum Gasteiger partial charge on any atom is -0.490 e. The van der Waals surface area contributed by atoms with E-state index in [1.54, 1.807) is 0 Å². The third-order valence-electron chi connectivity index (χ3n) is 7.54. The summed E-state index contributed by atoms with van der Waals surface area (Å²) in [5, 5.41) is 0. The van der Waals surface area contributed by atoms with E-state index in [0.29, 0.717) is 0 Å². The molecule has 1 aliphatic rings. The van der Waals surface area contributed by atoms with E-state index >= 15 is 0 Å². The summed E-state index contributed by atoms with van der Waals surface area (Å²) < 4.78 is 12.6. The van der Waals surface area contributed by atoms with E-state index in [2.05, 4.69) is 76.2 Å². The van der Waals surface area contributed by atoms with Crippen LogP contribution in [0.15, 0.2) is 48.5 Å². The van der Waals surface area contributed by atoms with Crippen molar-refractivity contribution in [2.45, 2.75) is 98.3 Å². The number of fused-ring (bicyclic) bond motifs is 3. The minimum absolute atomic E-state index is 0.744. The molecule has 3 aromatic carbocycles. The second kappa shape index (κ2) is 13.7. The standard InChI is InChI=1S/C35H46O2/c1-5-7-9-11-13-19-36-33-18-16-28(25-34(33)37-20-14-12-10-8-6-2)32-23-27(4)22-30-24-29-21-26(3)15-17-31(29)35(30)32/h15-18,21-23,25H,5-14,19-20,24H2,1-4H3. The summed E-state index contributed by atoms with van der Waals surface area (Å²) in [6, 6.07) is 18.2. The highest BCUT2D eigenvalue weighted by molar-refractivity contribution is 5.91. The van der Waals surface area contributed by atoms with Gasteiger partial charge in [-0.1, -0.05) is 113 Å². The Hall–Kier alpha value is -2.74. The molecule has 0 aromatic heterocycles. The average Bonchev–Trinajstić information content (AvgIpc) is 3.25. The molecule has 0 heterocycles. The zero-order chi connectivity index (χ0) is 26.0. The highest BCUT2D eigenvalue weighted by atomic mass is 16.5. The van der Waals surface area contributed by atoms with Gasteiger partial charge in [-0.25, -0.2) is 0 Å². The summed E-state index contributed by atoms with van der Waals surface area (Å²) >= 11 is 0. The zero-order valence-corrected chi connectivity index (χ0v) is 23.6. The second-order valence-corrected chi connectivity index (χ2v) is 10.9. The molecule has 0 N–H and O–H groups in total. The van der Waals surface area contributed by atoms with Gasteiger partial charge in [-0.3, -0.25) is 0 Å². The Bertz CT molecular complexity index is 1160. The largest absolute Gasteiger partial charge is 0.490 e. The summed E-state index contributed by atoms with van der Waals surface area (Å²) in [4.78, 5) is 0. The summed E-state index contributed by atoms with van der Waals surface area (Å²) in [6.07, 6.45) is 13.4. The molecule has 2 heteroatoms. The molecule has 0 spiro atoms. The number of rotatable bonds is 15. The van der Waals surface area contributed by atoms with Gasteiger partial charge in [0.05, 0.1) is 13.2 Å². The first-order valence-corrected chi connectivity index (χ1v) is 14.7. The highest BCUT2D eigenvalue weighted by Crippen LogP contribution is 2.45. The Labute approximate surface area is 225 Å². The molecule has 0 atom stereocenters. The van der Waals surface area contributed by atoms with E-state index in [4.69, 9.17) is 9.47 Å². The van der Waals surface area contributed by atoms with Crippen molar-refractivity contribution in [3.8, 4) is 33.8 Å². The van der Waals surface area contributed by atoms with Gasteiger partial charge in [0, 0.05) is 0 Å². The molecular formula is C35H46O2. The minimum atomic E-state index is 0.744. The smallest absolute Gasteiger partial charge is 0.161 e. The third kappa shape index (κ3) is 7.18. The van der Waals surface area contributed by atoms with Gasteiger partial charge in [0.1, 0.15) is 0 Å². The van der Waals surface area contributed by atoms with Crippen molar-refractivity contribution >= 4 is 0 Å². The first kappa shape index (κ1) is 27.3. The molecule has 0 saturated heterocycles.